The quantitative estimate of drug-likeness (QED) is 0.690. The number of nitrogens with zero attached hydrogens (tertiary/aromatic N) is 2. The predicted octanol–water partition coefficient (Wildman–Crippen LogP) is -0.112. The largest absolute Gasteiger partial charge is 0.342 e. The maximum atomic E-state index is 11.2. The summed E-state index contributed by atoms with van der Waals surface area (Å²) in [7, 11) is 1.89. The average Bonchev–Trinajstić information content (AvgIpc) is 2.17. The third-order valence-corrected chi connectivity index (χ3v) is 2.97. The van der Waals surface area contributed by atoms with E-state index in [0.717, 1.165) is 26.1 Å². The van der Waals surface area contributed by atoms with Gasteiger partial charge >= 0.3 is 0 Å². The number of amides is 1. The van der Waals surface area contributed by atoms with Gasteiger partial charge in [0.05, 0.1) is 0 Å². The van der Waals surface area contributed by atoms with E-state index in [-0.39, 0.29) is 5.91 Å². The Hall–Kier alpha value is -0.610. The van der Waals surface area contributed by atoms with Gasteiger partial charge in [-0.1, -0.05) is 0 Å². The minimum absolute atomic E-state index is 0.157. The third-order valence-electron chi connectivity index (χ3n) is 2.97. The molecule has 0 aromatic carbocycles. The van der Waals surface area contributed by atoms with Crippen molar-refractivity contribution < 1.29 is 4.79 Å². The number of likely N-dealkylation sites (N-methyl/N-ethyl adjacent to an activating group) is 1. The first-order chi connectivity index (χ1) is 6.65. The molecule has 1 rings (SSSR count). The Labute approximate surface area is 86.0 Å². The summed E-state index contributed by atoms with van der Waals surface area (Å²) in [6.07, 6.45) is 2.29. The molecule has 0 aliphatic carbocycles. The van der Waals surface area contributed by atoms with Gasteiger partial charge in [0.1, 0.15) is 0 Å². The average molecular weight is 199 g/mol. The van der Waals surface area contributed by atoms with Gasteiger partial charge in [-0.25, -0.2) is 0 Å². The van der Waals surface area contributed by atoms with Crippen LogP contribution < -0.4 is 5.73 Å². The Kier molecular flexibility index (Phi) is 4.35. The number of hydrogen-bond donors (Lipinski definition) is 1. The minimum Gasteiger partial charge on any atom is -0.342 e. The predicted molar refractivity (Wildman–Crippen MR) is 57.0 cm³/mol. The van der Waals surface area contributed by atoms with Gasteiger partial charge < -0.3 is 15.5 Å². The molecule has 0 aromatic rings. The van der Waals surface area contributed by atoms with Gasteiger partial charge in [0.25, 0.3) is 0 Å². The van der Waals surface area contributed by atoms with Crippen LogP contribution in [-0.4, -0.2) is 55.0 Å². The fourth-order valence-electron chi connectivity index (χ4n) is 1.99. The number of piperidine rings is 1. The van der Waals surface area contributed by atoms with E-state index in [2.05, 4.69) is 4.90 Å². The van der Waals surface area contributed by atoms with Gasteiger partial charge in [0.2, 0.25) is 5.91 Å². The normalized spacial score (nSPS) is 23.5. The van der Waals surface area contributed by atoms with E-state index in [1.165, 1.54) is 6.42 Å². The molecule has 2 N–H and O–H groups in total. The Balaban J connectivity index is 2.43. The van der Waals surface area contributed by atoms with E-state index < -0.39 is 0 Å². The summed E-state index contributed by atoms with van der Waals surface area (Å²) in [4.78, 5) is 15.4. The Morgan fingerprint density at radius 2 is 2.36 bits per heavy atom. The molecule has 1 aliphatic heterocycles. The molecule has 1 atom stereocenters. The number of carbonyl (C=O) groups excluding carboxylic acids is 1. The first-order valence-corrected chi connectivity index (χ1v) is 5.31. The van der Waals surface area contributed by atoms with Gasteiger partial charge in [-0.15, -0.1) is 0 Å². The van der Waals surface area contributed by atoms with Crippen LogP contribution in [0.2, 0.25) is 0 Å². The van der Waals surface area contributed by atoms with Crippen LogP contribution in [0.15, 0.2) is 0 Å². The van der Waals surface area contributed by atoms with E-state index >= 15 is 0 Å². The van der Waals surface area contributed by atoms with Crippen molar-refractivity contribution in [2.24, 2.45) is 5.73 Å². The lowest BCUT2D eigenvalue weighted by Gasteiger charge is -2.37. The molecule has 4 heteroatoms. The summed E-state index contributed by atoms with van der Waals surface area (Å²) in [5.74, 6) is 0.157. The van der Waals surface area contributed by atoms with Gasteiger partial charge in [0, 0.05) is 39.6 Å². The fraction of sp³-hybridized carbons (Fsp3) is 0.900. The first-order valence-electron chi connectivity index (χ1n) is 5.31. The molecule has 0 spiro atoms. The summed E-state index contributed by atoms with van der Waals surface area (Å²) in [5, 5.41) is 0. The molecule has 4 nitrogen and oxygen atoms in total. The van der Waals surface area contributed by atoms with Crippen molar-refractivity contribution in [2.75, 3.05) is 33.2 Å². The van der Waals surface area contributed by atoms with Crippen LogP contribution in [0.3, 0.4) is 0 Å². The van der Waals surface area contributed by atoms with Gasteiger partial charge in [-0.3, -0.25) is 4.79 Å². The lowest BCUT2D eigenvalue weighted by atomic mass is 10.0. The topological polar surface area (TPSA) is 49.6 Å². The summed E-state index contributed by atoms with van der Waals surface area (Å²) in [6.45, 7) is 5.38. The van der Waals surface area contributed by atoms with Crippen LogP contribution in [-0.2, 0) is 4.79 Å². The van der Waals surface area contributed by atoms with Crippen LogP contribution in [0.4, 0.5) is 0 Å². The fourth-order valence-corrected chi connectivity index (χ4v) is 1.99. The molecule has 1 fully saturated rings. The maximum absolute atomic E-state index is 11.2. The molecule has 0 bridgehead atoms. The molecule has 0 radical (unpaired) electrons. The smallest absolute Gasteiger partial charge is 0.219 e. The summed E-state index contributed by atoms with van der Waals surface area (Å²) in [5.41, 5.74) is 5.52. The molecular formula is C10H21N3O. The van der Waals surface area contributed by atoms with Crippen molar-refractivity contribution in [1.82, 2.24) is 9.80 Å². The van der Waals surface area contributed by atoms with Crippen molar-refractivity contribution in [1.29, 1.82) is 0 Å². The number of likely N-dealkylation sites (tertiary alicyclic amines) is 1. The second-order valence-electron chi connectivity index (χ2n) is 4.02. The molecule has 14 heavy (non-hydrogen) atoms. The summed E-state index contributed by atoms with van der Waals surface area (Å²) < 4.78 is 0. The lowest BCUT2D eigenvalue weighted by molar-refractivity contribution is -0.130. The zero-order valence-corrected chi connectivity index (χ0v) is 9.20. The number of hydrogen-bond acceptors (Lipinski definition) is 3. The summed E-state index contributed by atoms with van der Waals surface area (Å²) in [6, 6.07) is 0.382. The molecule has 1 aliphatic rings. The van der Waals surface area contributed by atoms with Crippen LogP contribution in [0.5, 0.6) is 0 Å². The van der Waals surface area contributed by atoms with Crippen molar-refractivity contribution in [3.63, 3.8) is 0 Å². The van der Waals surface area contributed by atoms with Crippen molar-refractivity contribution in [3.05, 3.63) is 0 Å². The lowest BCUT2D eigenvalue weighted by Crippen LogP contribution is -2.48. The third kappa shape index (κ3) is 2.96. The second kappa shape index (κ2) is 5.32. The zero-order valence-electron chi connectivity index (χ0n) is 9.20. The van der Waals surface area contributed by atoms with E-state index in [0.29, 0.717) is 12.6 Å². The monoisotopic (exact) mass is 199 g/mol. The highest BCUT2D eigenvalue weighted by Gasteiger charge is 2.23. The molecule has 0 saturated carbocycles. The first kappa shape index (κ1) is 11.5. The van der Waals surface area contributed by atoms with Gasteiger partial charge in [0.15, 0.2) is 0 Å². The molecule has 1 amide bonds. The minimum atomic E-state index is 0.157. The Morgan fingerprint density at radius 3 is 2.93 bits per heavy atom. The standard InChI is InChI=1S/C10H21N3O/c1-9(14)12(2)10-4-3-6-13(8-10)7-5-11/h10H,3-8,11H2,1-2H3. The Bertz CT molecular complexity index is 194. The number of rotatable bonds is 3. The van der Waals surface area contributed by atoms with Gasteiger partial charge in [-0.05, 0) is 19.4 Å². The molecule has 0 aromatic heterocycles. The van der Waals surface area contributed by atoms with Crippen LogP contribution >= 0.6 is 0 Å². The molecule has 1 saturated heterocycles. The number of carbonyl (C=O) groups is 1. The van der Waals surface area contributed by atoms with E-state index in [4.69, 9.17) is 5.73 Å². The number of nitrogens with two attached hydrogens (primary N) is 1. The van der Waals surface area contributed by atoms with Crippen LogP contribution in [0, 0.1) is 0 Å². The summed E-state index contributed by atoms with van der Waals surface area (Å²) >= 11 is 0. The Morgan fingerprint density at radius 1 is 1.64 bits per heavy atom. The van der Waals surface area contributed by atoms with Crippen molar-refractivity contribution >= 4 is 5.91 Å². The van der Waals surface area contributed by atoms with E-state index in [1.54, 1.807) is 6.92 Å². The highest BCUT2D eigenvalue weighted by atomic mass is 16.2. The van der Waals surface area contributed by atoms with Crippen LogP contribution in [0.1, 0.15) is 19.8 Å². The molecular weight excluding hydrogens is 178 g/mol. The second-order valence-corrected chi connectivity index (χ2v) is 4.02. The van der Waals surface area contributed by atoms with E-state index in [1.807, 2.05) is 11.9 Å². The van der Waals surface area contributed by atoms with Gasteiger partial charge in [-0.2, -0.15) is 0 Å². The van der Waals surface area contributed by atoms with Crippen LogP contribution in [0.25, 0.3) is 0 Å². The zero-order chi connectivity index (χ0) is 10.6. The molecule has 1 unspecified atom stereocenters. The SMILES string of the molecule is CC(=O)N(C)C1CCCN(CCN)C1. The maximum Gasteiger partial charge on any atom is 0.219 e. The molecule has 1 heterocycles. The van der Waals surface area contributed by atoms with E-state index in [9.17, 15) is 4.79 Å². The highest BCUT2D eigenvalue weighted by molar-refractivity contribution is 5.73. The van der Waals surface area contributed by atoms with Crippen molar-refractivity contribution in [3.8, 4) is 0 Å². The van der Waals surface area contributed by atoms with Crippen molar-refractivity contribution in [2.45, 2.75) is 25.8 Å². The molecule has 82 valence electrons. The highest BCUT2D eigenvalue weighted by Crippen LogP contribution is 2.14.